The van der Waals surface area contributed by atoms with Crippen molar-refractivity contribution in [1.29, 1.82) is 0 Å². The molecule has 0 unspecified atom stereocenters. The lowest BCUT2D eigenvalue weighted by Gasteiger charge is -2.10. The Morgan fingerprint density at radius 1 is 1.42 bits per heavy atom. The minimum atomic E-state index is -0.712. The fraction of sp³-hybridized carbons (Fsp3) is 0.412. The molecule has 2 aromatic rings. The highest BCUT2D eigenvalue weighted by molar-refractivity contribution is 7.09. The first-order valence-electron chi connectivity index (χ1n) is 7.77. The molecule has 7 heteroatoms. The maximum absolute atomic E-state index is 12.4. The number of nitrogens with one attached hydrogen (secondary N) is 1. The van der Waals surface area contributed by atoms with Crippen LogP contribution in [0.3, 0.4) is 0 Å². The molecule has 1 saturated heterocycles. The largest absolute Gasteiger partial charge is 0.394 e. The first kappa shape index (κ1) is 17.0. The van der Waals surface area contributed by atoms with Gasteiger partial charge < -0.3 is 20.3 Å². The van der Waals surface area contributed by atoms with E-state index >= 15 is 0 Å². The lowest BCUT2D eigenvalue weighted by atomic mass is 10.1. The van der Waals surface area contributed by atoms with Crippen LogP contribution >= 0.6 is 11.3 Å². The molecule has 0 bridgehead atoms. The van der Waals surface area contributed by atoms with Gasteiger partial charge in [0, 0.05) is 17.5 Å². The number of aromatic nitrogens is 1. The van der Waals surface area contributed by atoms with E-state index in [0.717, 1.165) is 16.8 Å². The normalized spacial score (nSPS) is 23.4. The average molecular weight is 348 g/mol. The first-order chi connectivity index (χ1) is 11.5. The van der Waals surface area contributed by atoms with Gasteiger partial charge in [0.2, 0.25) is 0 Å². The van der Waals surface area contributed by atoms with E-state index in [-0.39, 0.29) is 18.6 Å². The molecule has 0 aliphatic carbocycles. The number of hydrogen-bond donors (Lipinski definition) is 3. The zero-order valence-electron chi connectivity index (χ0n) is 13.5. The van der Waals surface area contributed by atoms with Gasteiger partial charge in [0.1, 0.15) is 22.9 Å². The third-order valence-corrected chi connectivity index (χ3v) is 5.09. The SMILES string of the molecule is Cc1cccc(C)c1NC(=O)c1csc([C@H]2C[C@H](O)[C@@H](CO)O2)n1. The molecule has 1 amide bonds. The lowest BCUT2D eigenvalue weighted by Crippen LogP contribution is -2.24. The number of ether oxygens (including phenoxy) is 1. The van der Waals surface area contributed by atoms with E-state index in [0.29, 0.717) is 17.1 Å². The molecule has 3 N–H and O–H groups in total. The van der Waals surface area contributed by atoms with Gasteiger partial charge in [-0.05, 0) is 25.0 Å². The van der Waals surface area contributed by atoms with Crippen LogP contribution in [-0.2, 0) is 4.74 Å². The van der Waals surface area contributed by atoms with Gasteiger partial charge in [-0.15, -0.1) is 11.3 Å². The van der Waals surface area contributed by atoms with Crippen LogP contribution in [0.25, 0.3) is 0 Å². The van der Waals surface area contributed by atoms with E-state index < -0.39 is 12.2 Å². The highest BCUT2D eigenvalue weighted by Gasteiger charge is 2.36. The summed E-state index contributed by atoms with van der Waals surface area (Å²) in [6.45, 7) is 3.65. The second-order valence-electron chi connectivity index (χ2n) is 5.94. The number of thiazole rings is 1. The van der Waals surface area contributed by atoms with Gasteiger partial charge >= 0.3 is 0 Å². The van der Waals surface area contributed by atoms with Crippen LogP contribution in [0.4, 0.5) is 5.69 Å². The van der Waals surface area contributed by atoms with Gasteiger partial charge in [0.15, 0.2) is 0 Å². The lowest BCUT2D eigenvalue weighted by molar-refractivity contribution is -0.0226. The molecule has 3 atom stereocenters. The molecule has 0 spiro atoms. The van der Waals surface area contributed by atoms with Crippen LogP contribution in [0.2, 0.25) is 0 Å². The summed E-state index contributed by atoms with van der Waals surface area (Å²) < 4.78 is 5.57. The second-order valence-corrected chi connectivity index (χ2v) is 6.83. The average Bonchev–Trinajstić information content (AvgIpc) is 3.17. The summed E-state index contributed by atoms with van der Waals surface area (Å²) >= 11 is 1.32. The number of anilines is 1. The van der Waals surface area contributed by atoms with Gasteiger partial charge in [-0.25, -0.2) is 4.98 Å². The molecule has 128 valence electrons. The third kappa shape index (κ3) is 3.34. The fourth-order valence-electron chi connectivity index (χ4n) is 2.78. The van der Waals surface area contributed by atoms with Gasteiger partial charge in [-0.1, -0.05) is 18.2 Å². The zero-order chi connectivity index (χ0) is 17.3. The summed E-state index contributed by atoms with van der Waals surface area (Å²) in [5.41, 5.74) is 3.10. The Kier molecular flexibility index (Phi) is 4.96. The predicted octanol–water partition coefficient (Wildman–Crippen LogP) is 2.20. The van der Waals surface area contributed by atoms with Gasteiger partial charge in [-0.2, -0.15) is 0 Å². The number of amides is 1. The summed E-state index contributed by atoms with van der Waals surface area (Å²) in [6.07, 6.45) is -1.32. The van der Waals surface area contributed by atoms with Crippen LogP contribution in [0.5, 0.6) is 0 Å². The second kappa shape index (κ2) is 6.98. The molecule has 1 aromatic heterocycles. The molecule has 1 fully saturated rings. The maximum atomic E-state index is 12.4. The smallest absolute Gasteiger partial charge is 0.275 e. The molecular weight excluding hydrogens is 328 g/mol. The van der Waals surface area contributed by atoms with Crippen LogP contribution in [0, 0.1) is 13.8 Å². The number of hydrogen-bond acceptors (Lipinski definition) is 6. The fourth-order valence-corrected chi connectivity index (χ4v) is 3.63. The molecule has 2 heterocycles. The van der Waals surface area contributed by atoms with Crippen molar-refractivity contribution in [3.05, 3.63) is 45.4 Å². The van der Waals surface area contributed by atoms with E-state index in [1.807, 2.05) is 32.0 Å². The Morgan fingerprint density at radius 2 is 2.12 bits per heavy atom. The van der Waals surface area contributed by atoms with E-state index in [9.17, 15) is 9.90 Å². The van der Waals surface area contributed by atoms with Crippen molar-refractivity contribution in [3.63, 3.8) is 0 Å². The monoisotopic (exact) mass is 348 g/mol. The topological polar surface area (TPSA) is 91.7 Å². The molecule has 3 rings (SSSR count). The van der Waals surface area contributed by atoms with Crippen molar-refractivity contribution >= 4 is 22.9 Å². The Hall–Kier alpha value is -1.80. The van der Waals surface area contributed by atoms with Gasteiger partial charge in [0.25, 0.3) is 5.91 Å². The number of carbonyl (C=O) groups excluding carboxylic acids is 1. The number of nitrogens with zero attached hydrogens (tertiary/aromatic N) is 1. The van der Waals surface area contributed by atoms with Crippen molar-refractivity contribution in [2.45, 2.75) is 38.6 Å². The molecule has 0 saturated carbocycles. The van der Waals surface area contributed by atoms with E-state index in [4.69, 9.17) is 9.84 Å². The van der Waals surface area contributed by atoms with Gasteiger partial charge in [-0.3, -0.25) is 4.79 Å². The summed E-state index contributed by atoms with van der Waals surface area (Å²) in [5, 5.41) is 24.2. The number of rotatable bonds is 4. The van der Waals surface area contributed by atoms with Crippen LogP contribution in [0.15, 0.2) is 23.6 Å². The van der Waals surface area contributed by atoms with Gasteiger partial charge in [0.05, 0.1) is 12.7 Å². The molecule has 1 aliphatic rings. The summed E-state index contributed by atoms with van der Waals surface area (Å²) in [5.74, 6) is -0.271. The number of aliphatic hydroxyl groups is 2. The van der Waals surface area contributed by atoms with E-state index in [2.05, 4.69) is 10.3 Å². The number of aryl methyl sites for hydroxylation is 2. The quantitative estimate of drug-likeness (QED) is 0.788. The Labute approximate surface area is 144 Å². The number of carbonyl (C=O) groups is 1. The molecule has 0 radical (unpaired) electrons. The molecular formula is C17H20N2O4S. The first-order valence-corrected chi connectivity index (χ1v) is 8.65. The number of aliphatic hydroxyl groups excluding tert-OH is 2. The van der Waals surface area contributed by atoms with Crippen LogP contribution in [-0.4, -0.2) is 39.9 Å². The van der Waals surface area contributed by atoms with Crippen molar-refractivity contribution in [3.8, 4) is 0 Å². The highest BCUT2D eigenvalue weighted by atomic mass is 32.1. The third-order valence-electron chi connectivity index (χ3n) is 4.15. The van der Waals surface area contributed by atoms with Crippen molar-refractivity contribution < 1.29 is 19.7 Å². The summed E-state index contributed by atoms with van der Waals surface area (Å²) in [7, 11) is 0. The predicted molar refractivity (Wildman–Crippen MR) is 91.3 cm³/mol. The summed E-state index contributed by atoms with van der Waals surface area (Å²) in [6, 6.07) is 5.83. The van der Waals surface area contributed by atoms with E-state index in [1.165, 1.54) is 11.3 Å². The Morgan fingerprint density at radius 3 is 2.75 bits per heavy atom. The van der Waals surface area contributed by atoms with Crippen molar-refractivity contribution in [2.75, 3.05) is 11.9 Å². The molecule has 6 nitrogen and oxygen atoms in total. The minimum absolute atomic E-state index is 0.233. The zero-order valence-corrected chi connectivity index (χ0v) is 14.3. The minimum Gasteiger partial charge on any atom is -0.394 e. The Balaban J connectivity index is 1.73. The van der Waals surface area contributed by atoms with Crippen LogP contribution < -0.4 is 5.32 Å². The number of benzene rings is 1. The highest BCUT2D eigenvalue weighted by Crippen LogP contribution is 2.34. The molecule has 1 aromatic carbocycles. The van der Waals surface area contributed by atoms with Crippen molar-refractivity contribution in [2.24, 2.45) is 0 Å². The maximum Gasteiger partial charge on any atom is 0.275 e. The number of para-hydroxylation sites is 1. The van der Waals surface area contributed by atoms with Crippen LogP contribution in [0.1, 0.15) is 39.1 Å². The molecule has 1 aliphatic heterocycles. The molecule has 24 heavy (non-hydrogen) atoms. The van der Waals surface area contributed by atoms with E-state index in [1.54, 1.807) is 5.38 Å². The standard InChI is InChI=1S/C17H20N2O4S/c1-9-4-3-5-10(2)15(9)19-16(22)11-8-24-17(18-11)13-6-12(21)14(7-20)23-13/h3-5,8,12-14,20-21H,6-7H2,1-2H3,(H,19,22)/t12-,13+,14+/m0/s1. The van der Waals surface area contributed by atoms with Crippen molar-refractivity contribution in [1.82, 2.24) is 4.98 Å². The Bertz CT molecular complexity index is 726. The summed E-state index contributed by atoms with van der Waals surface area (Å²) in [4.78, 5) is 16.8.